The first-order valence-corrected chi connectivity index (χ1v) is 7.91. The quantitative estimate of drug-likeness (QED) is 0.788. The second-order valence-corrected chi connectivity index (χ2v) is 6.03. The van der Waals surface area contributed by atoms with Crippen molar-refractivity contribution in [2.45, 2.75) is 51.9 Å². The summed E-state index contributed by atoms with van der Waals surface area (Å²) in [7, 11) is 0. The van der Waals surface area contributed by atoms with Gasteiger partial charge < -0.3 is 4.98 Å². The highest BCUT2D eigenvalue weighted by atomic mass is 16.1. The zero-order valence-electron chi connectivity index (χ0n) is 12.2. The SMILES string of the molecule is CCc1cccc2c(C(=O)CC3CCCCC3)c[nH]c12. The number of Topliss-reactive ketones (excluding diaryl/α,β-unsaturated/α-hetero) is 1. The Morgan fingerprint density at radius 3 is 2.80 bits per heavy atom. The molecule has 2 heteroatoms. The Bertz CT molecular complexity index is 605. The molecule has 2 nitrogen and oxygen atoms in total. The third-order valence-corrected chi connectivity index (χ3v) is 4.68. The fraction of sp³-hybridized carbons (Fsp3) is 0.500. The number of benzene rings is 1. The lowest BCUT2D eigenvalue weighted by Crippen LogP contribution is -2.12. The van der Waals surface area contributed by atoms with Crippen LogP contribution >= 0.6 is 0 Å². The van der Waals surface area contributed by atoms with Crippen LogP contribution in [0.25, 0.3) is 10.9 Å². The van der Waals surface area contributed by atoms with Gasteiger partial charge in [0.15, 0.2) is 5.78 Å². The molecule has 1 heterocycles. The number of aromatic nitrogens is 1. The van der Waals surface area contributed by atoms with E-state index in [1.54, 1.807) is 0 Å². The molecule has 1 aliphatic rings. The molecule has 0 aliphatic heterocycles. The van der Waals surface area contributed by atoms with Crippen molar-refractivity contribution >= 4 is 16.7 Å². The van der Waals surface area contributed by atoms with E-state index in [0.717, 1.165) is 29.3 Å². The van der Waals surface area contributed by atoms with Crippen molar-refractivity contribution in [3.05, 3.63) is 35.5 Å². The Balaban J connectivity index is 1.84. The molecule has 1 saturated carbocycles. The van der Waals surface area contributed by atoms with Gasteiger partial charge in [-0.05, 0) is 17.9 Å². The molecule has 0 saturated heterocycles. The largest absolute Gasteiger partial charge is 0.360 e. The van der Waals surface area contributed by atoms with Gasteiger partial charge in [-0.2, -0.15) is 0 Å². The molecule has 0 radical (unpaired) electrons. The first-order valence-electron chi connectivity index (χ1n) is 7.91. The van der Waals surface area contributed by atoms with E-state index in [9.17, 15) is 4.79 Å². The molecule has 0 bridgehead atoms. The van der Waals surface area contributed by atoms with Crippen molar-refractivity contribution in [3.63, 3.8) is 0 Å². The number of para-hydroxylation sites is 1. The van der Waals surface area contributed by atoms with Crippen LogP contribution in [0.15, 0.2) is 24.4 Å². The summed E-state index contributed by atoms with van der Waals surface area (Å²) in [4.78, 5) is 15.9. The van der Waals surface area contributed by atoms with Crippen LogP contribution in [-0.2, 0) is 6.42 Å². The summed E-state index contributed by atoms with van der Waals surface area (Å²) in [6.45, 7) is 2.15. The molecule has 1 fully saturated rings. The van der Waals surface area contributed by atoms with Gasteiger partial charge in [0.1, 0.15) is 0 Å². The van der Waals surface area contributed by atoms with Gasteiger partial charge >= 0.3 is 0 Å². The van der Waals surface area contributed by atoms with Crippen molar-refractivity contribution in [1.82, 2.24) is 4.98 Å². The number of carbonyl (C=O) groups excluding carboxylic acids is 1. The molecule has 1 aromatic heterocycles. The molecule has 2 aromatic rings. The number of ketones is 1. The predicted octanol–water partition coefficient (Wildman–Crippen LogP) is 4.88. The number of hydrogen-bond donors (Lipinski definition) is 1. The summed E-state index contributed by atoms with van der Waals surface area (Å²) in [6.07, 6.45) is 10.0. The van der Waals surface area contributed by atoms with Crippen molar-refractivity contribution in [2.75, 3.05) is 0 Å². The summed E-state index contributed by atoms with van der Waals surface area (Å²) < 4.78 is 0. The molecule has 106 valence electrons. The lowest BCUT2D eigenvalue weighted by molar-refractivity contribution is 0.0952. The van der Waals surface area contributed by atoms with Crippen LogP contribution in [0.4, 0.5) is 0 Å². The maximum Gasteiger partial charge on any atom is 0.165 e. The third kappa shape index (κ3) is 2.52. The number of aryl methyl sites for hydroxylation is 1. The molecule has 0 spiro atoms. The number of rotatable bonds is 4. The summed E-state index contributed by atoms with van der Waals surface area (Å²) in [5, 5.41) is 1.10. The molecule has 1 aromatic carbocycles. The van der Waals surface area contributed by atoms with E-state index < -0.39 is 0 Å². The Labute approximate surface area is 120 Å². The van der Waals surface area contributed by atoms with E-state index in [0.29, 0.717) is 11.7 Å². The van der Waals surface area contributed by atoms with Crippen molar-refractivity contribution in [2.24, 2.45) is 5.92 Å². The fourth-order valence-corrected chi connectivity index (χ4v) is 3.51. The topological polar surface area (TPSA) is 32.9 Å². The van der Waals surface area contributed by atoms with Crippen LogP contribution in [0, 0.1) is 5.92 Å². The number of aromatic amines is 1. The number of hydrogen-bond acceptors (Lipinski definition) is 1. The molecule has 1 aliphatic carbocycles. The lowest BCUT2D eigenvalue weighted by atomic mass is 9.84. The van der Waals surface area contributed by atoms with Gasteiger partial charge in [-0.3, -0.25) is 4.79 Å². The van der Waals surface area contributed by atoms with Crippen LogP contribution in [0.1, 0.15) is 61.4 Å². The zero-order chi connectivity index (χ0) is 13.9. The van der Waals surface area contributed by atoms with Gasteiger partial charge in [0.05, 0.1) is 0 Å². The normalized spacial score (nSPS) is 16.6. The number of nitrogens with one attached hydrogen (secondary N) is 1. The number of H-pyrrole nitrogens is 1. The van der Waals surface area contributed by atoms with Crippen LogP contribution in [0.5, 0.6) is 0 Å². The fourth-order valence-electron chi connectivity index (χ4n) is 3.51. The van der Waals surface area contributed by atoms with Gasteiger partial charge in [0, 0.05) is 29.1 Å². The summed E-state index contributed by atoms with van der Waals surface area (Å²) in [5.41, 5.74) is 3.32. The van der Waals surface area contributed by atoms with Crippen LogP contribution in [0.3, 0.4) is 0 Å². The second kappa shape index (κ2) is 5.82. The van der Waals surface area contributed by atoms with Gasteiger partial charge in [-0.15, -0.1) is 0 Å². The minimum atomic E-state index is 0.316. The molecule has 0 atom stereocenters. The standard InChI is InChI=1S/C18H23NO/c1-2-14-9-6-10-15-16(12-19-18(14)15)17(20)11-13-7-4-3-5-8-13/h6,9-10,12-13,19H,2-5,7-8,11H2,1H3. The summed E-state index contributed by atoms with van der Waals surface area (Å²) >= 11 is 0. The molecule has 0 unspecified atom stereocenters. The van der Waals surface area contributed by atoms with E-state index >= 15 is 0 Å². The number of fused-ring (bicyclic) bond motifs is 1. The Morgan fingerprint density at radius 1 is 1.25 bits per heavy atom. The maximum absolute atomic E-state index is 12.6. The van der Waals surface area contributed by atoms with Crippen molar-refractivity contribution < 1.29 is 4.79 Å². The summed E-state index contributed by atoms with van der Waals surface area (Å²) in [6, 6.07) is 6.26. The highest BCUT2D eigenvalue weighted by Gasteiger charge is 2.20. The average Bonchev–Trinajstić information content (AvgIpc) is 2.92. The van der Waals surface area contributed by atoms with Crippen LogP contribution < -0.4 is 0 Å². The highest BCUT2D eigenvalue weighted by molar-refractivity contribution is 6.08. The Morgan fingerprint density at radius 2 is 2.05 bits per heavy atom. The molecule has 20 heavy (non-hydrogen) atoms. The minimum absolute atomic E-state index is 0.316. The summed E-state index contributed by atoms with van der Waals surface area (Å²) in [5.74, 6) is 0.923. The lowest BCUT2D eigenvalue weighted by Gasteiger charge is -2.20. The van der Waals surface area contributed by atoms with E-state index in [4.69, 9.17) is 0 Å². The smallest absolute Gasteiger partial charge is 0.165 e. The van der Waals surface area contributed by atoms with Crippen LogP contribution in [0.2, 0.25) is 0 Å². The van der Waals surface area contributed by atoms with Crippen LogP contribution in [-0.4, -0.2) is 10.8 Å². The van der Waals surface area contributed by atoms with Gasteiger partial charge in [0.2, 0.25) is 0 Å². The van der Waals surface area contributed by atoms with E-state index in [2.05, 4.69) is 30.1 Å². The van der Waals surface area contributed by atoms with Gasteiger partial charge in [0.25, 0.3) is 0 Å². The van der Waals surface area contributed by atoms with E-state index in [1.165, 1.54) is 37.7 Å². The molecular formula is C18H23NO. The number of carbonyl (C=O) groups is 1. The van der Waals surface area contributed by atoms with Gasteiger partial charge in [-0.1, -0.05) is 57.2 Å². The molecule has 1 N–H and O–H groups in total. The maximum atomic E-state index is 12.6. The predicted molar refractivity (Wildman–Crippen MR) is 83.2 cm³/mol. The van der Waals surface area contributed by atoms with E-state index in [-0.39, 0.29) is 0 Å². The first-order chi connectivity index (χ1) is 9.79. The first kappa shape index (κ1) is 13.4. The van der Waals surface area contributed by atoms with Gasteiger partial charge in [-0.25, -0.2) is 0 Å². The average molecular weight is 269 g/mol. The van der Waals surface area contributed by atoms with Crippen molar-refractivity contribution in [3.8, 4) is 0 Å². The molecular weight excluding hydrogens is 246 g/mol. The van der Waals surface area contributed by atoms with E-state index in [1.807, 2.05) is 6.20 Å². The minimum Gasteiger partial charge on any atom is -0.360 e. The third-order valence-electron chi connectivity index (χ3n) is 4.68. The van der Waals surface area contributed by atoms with Crippen molar-refractivity contribution in [1.29, 1.82) is 0 Å². The monoisotopic (exact) mass is 269 g/mol. The second-order valence-electron chi connectivity index (χ2n) is 6.03. The Kier molecular flexibility index (Phi) is 3.90. The Hall–Kier alpha value is -1.57. The molecule has 3 rings (SSSR count). The zero-order valence-corrected chi connectivity index (χ0v) is 12.2. The highest BCUT2D eigenvalue weighted by Crippen LogP contribution is 2.29. The molecule has 0 amide bonds.